The van der Waals surface area contributed by atoms with Gasteiger partial charge in [-0.05, 0) is 55.3 Å². The van der Waals surface area contributed by atoms with Crippen molar-refractivity contribution in [3.8, 4) is 5.69 Å². The lowest BCUT2D eigenvalue weighted by molar-refractivity contribution is 1.08. The number of benzene rings is 3. The molecule has 0 saturated heterocycles. The molecule has 0 aliphatic heterocycles. The van der Waals surface area contributed by atoms with E-state index in [0.717, 1.165) is 16.8 Å². The van der Waals surface area contributed by atoms with E-state index in [-0.39, 0.29) is 0 Å². The van der Waals surface area contributed by atoms with Crippen molar-refractivity contribution in [1.82, 2.24) is 14.0 Å². The van der Waals surface area contributed by atoms with Crippen LogP contribution in [0.25, 0.3) is 33.5 Å². The van der Waals surface area contributed by atoms with Crippen molar-refractivity contribution >= 4 is 27.8 Å². The van der Waals surface area contributed by atoms with Crippen LogP contribution in [0.4, 0.5) is 0 Å². The molecule has 0 amide bonds. The van der Waals surface area contributed by atoms with Crippen molar-refractivity contribution in [2.24, 2.45) is 0 Å². The first kappa shape index (κ1) is 13.4. The van der Waals surface area contributed by atoms with Gasteiger partial charge in [0.2, 0.25) is 5.78 Å². The number of para-hydroxylation sites is 4. The minimum absolute atomic E-state index is 0.964. The molecule has 24 heavy (non-hydrogen) atoms. The summed E-state index contributed by atoms with van der Waals surface area (Å²) in [6.45, 7) is 4.34. The van der Waals surface area contributed by atoms with Gasteiger partial charge in [-0.3, -0.25) is 8.97 Å². The molecule has 0 unspecified atom stereocenters. The summed E-state index contributed by atoms with van der Waals surface area (Å²) in [6.07, 6.45) is 0. The third kappa shape index (κ3) is 1.64. The van der Waals surface area contributed by atoms with Crippen LogP contribution in [0.3, 0.4) is 0 Å². The summed E-state index contributed by atoms with van der Waals surface area (Å²) in [5.74, 6) is 0.964. The second-order valence-corrected chi connectivity index (χ2v) is 6.28. The summed E-state index contributed by atoms with van der Waals surface area (Å²) < 4.78 is 4.53. The van der Waals surface area contributed by atoms with Gasteiger partial charge in [-0.1, -0.05) is 36.4 Å². The fraction of sp³-hybridized carbons (Fsp3) is 0.0952. The largest absolute Gasteiger partial charge is 0.278 e. The molecule has 0 atom stereocenters. The summed E-state index contributed by atoms with van der Waals surface area (Å²) in [4.78, 5) is 4.93. The molecule has 3 heteroatoms. The molecular formula is C21H17N3. The predicted octanol–water partition coefficient (Wildman–Crippen LogP) is 5.05. The summed E-state index contributed by atoms with van der Waals surface area (Å²) in [6, 6.07) is 23.3. The lowest BCUT2D eigenvalue weighted by Gasteiger charge is -2.10. The van der Waals surface area contributed by atoms with Gasteiger partial charge in [0.1, 0.15) is 0 Å². The quantitative estimate of drug-likeness (QED) is 0.425. The summed E-state index contributed by atoms with van der Waals surface area (Å²) >= 11 is 0. The Morgan fingerprint density at radius 3 is 2.25 bits per heavy atom. The van der Waals surface area contributed by atoms with Crippen molar-refractivity contribution in [1.29, 1.82) is 0 Å². The Morgan fingerprint density at radius 1 is 0.708 bits per heavy atom. The molecular weight excluding hydrogens is 294 g/mol. The third-order valence-electron chi connectivity index (χ3n) is 4.92. The van der Waals surface area contributed by atoms with Gasteiger partial charge in [0.05, 0.1) is 27.8 Å². The SMILES string of the molecule is Cc1cccc(-n2c3ccccc3n3c4ccccc4nc23)c1C. The van der Waals surface area contributed by atoms with Crippen LogP contribution in [0.5, 0.6) is 0 Å². The number of imidazole rings is 2. The van der Waals surface area contributed by atoms with E-state index >= 15 is 0 Å². The van der Waals surface area contributed by atoms with Crippen molar-refractivity contribution in [2.75, 3.05) is 0 Å². The molecule has 5 aromatic rings. The minimum atomic E-state index is 0.964. The van der Waals surface area contributed by atoms with Crippen LogP contribution in [0.15, 0.2) is 66.7 Å². The Hall–Kier alpha value is -3.07. The molecule has 0 radical (unpaired) electrons. The van der Waals surface area contributed by atoms with Crippen LogP contribution in [0.2, 0.25) is 0 Å². The van der Waals surface area contributed by atoms with Crippen molar-refractivity contribution in [3.63, 3.8) is 0 Å². The Kier molecular flexibility index (Phi) is 2.63. The molecule has 5 rings (SSSR count). The van der Waals surface area contributed by atoms with Gasteiger partial charge in [0, 0.05) is 0 Å². The molecule has 116 valence electrons. The van der Waals surface area contributed by atoms with Gasteiger partial charge in [-0.2, -0.15) is 0 Å². The number of hydrogen-bond acceptors (Lipinski definition) is 1. The number of fused-ring (bicyclic) bond motifs is 5. The molecule has 0 aliphatic carbocycles. The van der Waals surface area contributed by atoms with Crippen LogP contribution < -0.4 is 0 Å². The van der Waals surface area contributed by atoms with Crippen LogP contribution in [0, 0.1) is 13.8 Å². The van der Waals surface area contributed by atoms with E-state index in [4.69, 9.17) is 4.98 Å². The molecule has 0 aliphatic rings. The highest BCUT2D eigenvalue weighted by Gasteiger charge is 2.17. The summed E-state index contributed by atoms with van der Waals surface area (Å²) in [7, 11) is 0. The fourth-order valence-electron chi connectivity index (χ4n) is 3.57. The first-order valence-corrected chi connectivity index (χ1v) is 8.19. The standard InChI is InChI=1S/C21H17N3/c1-14-8-7-13-17(15(14)2)23-19-11-5-6-12-20(19)24-18-10-4-3-9-16(18)22-21(23)24/h3-13H,1-2H3. The van der Waals surface area contributed by atoms with E-state index in [1.165, 1.54) is 27.8 Å². The van der Waals surface area contributed by atoms with Crippen LogP contribution in [-0.2, 0) is 0 Å². The summed E-state index contributed by atoms with van der Waals surface area (Å²) in [5, 5.41) is 0. The molecule has 3 nitrogen and oxygen atoms in total. The Morgan fingerprint density at radius 2 is 1.42 bits per heavy atom. The highest BCUT2D eigenvalue weighted by atomic mass is 15.2. The second-order valence-electron chi connectivity index (χ2n) is 6.28. The maximum Gasteiger partial charge on any atom is 0.220 e. The zero-order chi connectivity index (χ0) is 16.3. The molecule has 0 saturated carbocycles. The number of aromatic nitrogens is 3. The molecule has 0 spiro atoms. The maximum absolute atomic E-state index is 4.93. The van der Waals surface area contributed by atoms with Gasteiger partial charge in [-0.25, -0.2) is 4.98 Å². The van der Waals surface area contributed by atoms with Crippen molar-refractivity contribution in [3.05, 3.63) is 77.9 Å². The highest BCUT2D eigenvalue weighted by molar-refractivity contribution is 5.92. The lowest BCUT2D eigenvalue weighted by atomic mass is 10.1. The zero-order valence-corrected chi connectivity index (χ0v) is 13.7. The molecule has 0 N–H and O–H groups in total. The van der Waals surface area contributed by atoms with Gasteiger partial charge in [0.25, 0.3) is 0 Å². The van der Waals surface area contributed by atoms with E-state index in [1.54, 1.807) is 0 Å². The second kappa shape index (κ2) is 4.71. The average Bonchev–Trinajstić information content (AvgIpc) is 3.12. The van der Waals surface area contributed by atoms with Gasteiger partial charge < -0.3 is 0 Å². The minimum Gasteiger partial charge on any atom is -0.278 e. The highest BCUT2D eigenvalue weighted by Crippen LogP contribution is 2.30. The van der Waals surface area contributed by atoms with Gasteiger partial charge in [0.15, 0.2) is 0 Å². The number of nitrogens with zero attached hydrogens (tertiary/aromatic N) is 3. The topological polar surface area (TPSA) is 22.2 Å². The smallest absolute Gasteiger partial charge is 0.220 e. The molecule has 2 heterocycles. The predicted molar refractivity (Wildman–Crippen MR) is 99.0 cm³/mol. The Bertz CT molecular complexity index is 1220. The first-order valence-electron chi connectivity index (χ1n) is 8.19. The molecule has 2 aromatic heterocycles. The first-order chi connectivity index (χ1) is 11.8. The van der Waals surface area contributed by atoms with Gasteiger partial charge in [-0.15, -0.1) is 0 Å². The van der Waals surface area contributed by atoms with E-state index in [9.17, 15) is 0 Å². The van der Waals surface area contributed by atoms with Crippen LogP contribution in [0.1, 0.15) is 11.1 Å². The number of hydrogen-bond donors (Lipinski definition) is 0. The average molecular weight is 311 g/mol. The zero-order valence-electron chi connectivity index (χ0n) is 13.7. The van der Waals surface area contributed by atoms with E-state index in [2.05, 4.69) is 83.5 Å². The number of rotatable bonds is 1. The fourth-order valence-corrected chi connectivity index (χ4v) is 3.57. The van der Waals surface area contributed by atoms with Crippen LogP contribution >= 0.6 is 0 Å². The monoisotopic (exact) mass is 311 g/mol. The third-order valence-corrected chi connectivity index (χ3v) is 4.92. The van der Waals surface area contributed by atoms with E-state index < -0.39 is 0 Å². The maximum atomic E-state index is 4.93. The Labute approximate surface area is 139 Å². The van der Waals surface area contributed by atoms with E-state index in [1.807, 2.05) is 6.07 Å². The number of aryl methyl sites for hydroxylation is 1. The van der Waals surface area contributed by atoms with Gasteiger partial charge >= 0.3 is 0 Å². The van der Waals surface area contributed by atoms with E-state index in [0.29, 0.717) is 0 Å². The van der Waals surface area contributed by atoms with Crippen molar-refractivity contribution < 1.29 is 0 Å². The van der Waals surface area contributed by atoms with Crippen LogP contribution in [-0.4, -0.2) is 14.0 Å². The molecule has 0 fully saturated rings. The van der Waals surface area contributed by atoms with Crippen molar-refractivity contribution in [2.45, 2.75) is 13.8 Å². The molecule has 3 aromatic carbocycles. The lowest BCUT2D eigenvalue weighted by Crippen LogP contribution is -1.99. The Balaban J connectivity index is 2.05. The normalized spacial score (nSPS) is 11.8. The molecule has 0 bridgehead atoms. The summed E-state index contributed by atoms with van der Waals surface area (Å²) in [5.41, 5.74) is 8.30.